The number of benzene rings is 3. The van der Waals surface area contributed by atoms with Crippen LogP contribution in [0.4, 0.5) is 10.5 Å². The Bertz CT molecular complexity index is 1340. The largest absolute Gasteiger partial charge is 0.488 e. The normalized spacial score (nSPS) is 15.0. The molecular weight excluding hydrogens is 520 g/mol. The minimum Gasteiger partial charge on any atom is -0.488 e. The van der Waals surface area contributed by atoms with Gasteiger partial charge in [-0.3, -0.25) is 14.9 Å². The molecule has 0 aromatic heterocycles. The van der Waals surface area contributed by atoms with Gasteiger partial charge in [0.25, 0.3) is 11.8 Å². The fourth-order valence-corrected chi connectivity index (χ4v) is 4.11. The van der Waals surface area contributed by atoms with Gasteiger partial charge >= 0.3 is 6.03 Å². The second kappa shape index (κ2) is 9.83. The van der Waals surface area contributed by atoms with Gasteiger partial charge in [-0.15, -0.1) is 0 Å². The molecule has 4 rings (SSSR count). The molecule has 34 heavy (non-hydrogen) atoms. The van der Waals surface area contributed by atoms with Crippen LogP contribution in [0.3, 0.4) is 0 Å². The SMILES string of the molecule is Cc1ccc(COc2ccc(/C=C3\C(=O)NC(=O)N(c4cc(Cl)ccc4C)C3=O)cc2Br)cc1. The maximum absolute atomic E-state index is 13.1. The highest BCUT2D eigenvalue weighted by atomic mass is 79.9. The van der Waals surface area contributed by atoms with Gasteiger partial charge in [0.1, 0.15) is 17.9 Å². The topological polar surface area (TPSA) is 75.7 Å². The number of ether oxygens (including phenoxy) is 1. The molecule has 0 bridgehead atoms. The Kier molecular flexibility index (Phi) is 6.86. The summed E-state index contributed by atoms with van der Waals surface area (Å²) >= 11 is 9.55. The summed E-state index contributed by atoms with van der Waals surface area (Å²) in [6.07, 6.45) is 1.44. The molecule has 172 valence electrons. The zero-order valence-electron chi connectivity index (χ0n) is 18.4. The first kappa shape index (κ1) is 23.7. The van der Waals surface area contributed by atoms with Crippen molar-refractivity contribution in [3.05, 3.63) is 98.0 Å². The van der Waals surface area contributed by atoms with Gasteiger partial charge in [0.15, 0.2) is 0 Å². The van der Waals surface area contributed by atoms with Gasteiger partial charge in [0.05, 0.1) is 10.2 Å². The number of halogens is 2. The summed E-state index contributed by atoms with van der Waals surface area (Å²) in [4.78, 5) is 39.0. The van der Waals surface area contributed by atoms with Gasteiger partial charge in [0.2, 0.25) is 0 Å². The van der Waals surface area contributed by atoms with Crippen molar-refractivity contribution in [3.63, 3.8) is 0 Å². The number of amides is 4. The quantitative estimate of drug-likeness (QED) is 0.320. The molecule has 1 saturated heterocycles. The lowest BCUT2D eigenvalue weighted by atomic mass is 10.1. The number of nitrogens with one attached hydrogen (secondary N) is 1. The molecule has 3 aromatic carbocycles. The van der Waals surface area contributed by atoms with E-state index in [9.17, 15) is 14.4 Å². The third-order valence-electron chi connectivity index (χ3n) is 5.30. The summed E-state index contributed by atoms with van der Waals surface area (Å²) in [7, 11) is 0. The van der Waals surface area contributed by atoms with Gasteiger partial charge in [-0.2, -0.15) is 0 Å². The van der Waals surface area contributed by atoms with Gasteiger partial charge in [0, 0.05) is 5.02 Å². The van der Waals surface area contributed by atoms with Crippen LogP contribution in [0.15, 0.2) is 70.7 Å². The molecule has 0 unspecified atom stereocenters. The number of nitrogens with zero attached hydrogens (tertiary/aromatic N) is 1. The lowest BCUT2D eigenvalue weighted by Crippen LogP contribution is -2.54. The molecule has 0 spiro atoms. The smallest absolute Gasteiger partial charge is 0.335 e. The molecule has 0 atom stereocenters. The number of barbiturate groups is 1. The molecule has 3 aromatic rings. The van der Waals surface area contributed by atoms with Crippen LogP contribution in [0.5, 0.6) is 5.75 Å². The number of hydrogen-bond acceptors (Lipinski definition) is 4. The zero-order chi connectivity index (χ0) is 24.4. The number of carbonyl (C=O) groups is 3. The molecule has 1 aliphatic heterocycles. The van der Waals surface area contributed by atoms with Crippen LogP contribution in [-0.2, 0) is 16.2 Å². The third kappa shape index (κ3) is 5.05. The van der Waals surface area contributed by atoms with Crippen molar-refractivity contribution in [2.75, 3.05) is 4.90 Å². The number of carbonyl (C=O) groups excluding carboxylic acids is 3. The van der Waals surface area contributed by atoms with Crippen LogP contribution in [0.25, 0.3) is 6.08 Å². The summed E-state index contributed by atoms with van der Waals surface area (Å²) in [6, 6.07) is 17.3. The predicted molar refractivity (Wildman–Crippen MR) is 135 cm³/mol. The first-order valence-electron chi connectivity index (χ1n) is 10.4. The van der Waals surface area contributed by atoms with Crippen LogP contribution in [-0.4, -0.2) is 17.8 Å². The first-order chi connectivity index (χ1) is 16.2. The van der Waals surface area contributed by atoms with E-state index in [4.69, 9.17) is 16.3 Å². The molecule has 0 saturated carbocycles. The molecule has 8 heteroatoms. The molecule has 4 amide bonds. The zero-order valence-corrected chi connectivity index (χ0v) is 20.7. The van der Waals surface area contributed by atoms with Crippen LogP contribution in [0, 0.1) is 13.8 Å². The van der Waals surface area contributed by atoms with Crippen LogP contribution in [0.2, 0.25) is 5.02 Å². The standard InChI is InChI=1S/C26H20BrClN2O4/c1-15-3-6-17(7-4-15)14-34-23-10-8-18(12-21(23)27)11-20-24(31)29-26(33)30(25(20)32)22-13-19(28)9-5-16(22)2/h3-13H,14H2,1-2H3,(H,29,31,33)/b20-11+. The number of hydrogen-bond donors (Lipinski definition) is 1. The van der Waals surface area contributed by atoms with Gasteiger partial charge in [-0.05, 0) is 76.8 Å². The molecule has 1 aliphatic rings. The Morgan fingerprint density at radius 2 is 1.74 bits per heavy atom. The van der Waals surface area contributed by atoms with E-state index in [-0.39, 0.29) is 5.57 Å². The van der Waals surface area contributed by atoms with E-state index in [0.29, 0.717) is 38.7 Å². The van der Waals surface area contributed by atoms with Gasteiger partial charge < -0.3 is 4.74 Å². The Labute approximate surface area is 210 Å². The third-order valence-corrected chi connectivity index (χ3v) is 6.15. The molecule has 6 nitrogen and oxygen atoms in total. The minimum atomic E-state index is -0.821. The maximum Gasteiger partial charge on any atom is 0.335 e. The summed E-state index contributed by atoms with van der Waals surface area (Å²) in [5.74, 6) is -0.870. The van der Waals surface area contributed by atoms with Crippen LogP contribution < -0.4 is 15.0 Å². The van der Waals surface area contributed by atoms with E-state index in [1.807, 2.05) is 31.2 Å². The predicted octanol–water partition coefficient (Wildman–Crippen LogP) is 5.96. The highest BCUT2D eigenvalue weighted by Crippen LogP contribution is 2.30. The number of urea groups is 1. The number of imide groups is 2. The summed E-state index contributed by atoms with van der Waals surface area (Å²) in [5, 5.41) is 2.59. The lowest BCUT2D eigenvalue weighted by molar-refractivity contribution is -0.122. The lowest BCUT2D eigenvalue weighted by Gasteiger charge is -2.27. The molecule has 0 radical (unpaired) electrons. The highest BCUT2D eigenvalue weighted by molar-refractivity contribution is 9.10. The fraction of sp³-hybridized carbons (Fsp3) is 0.115. The Hall–Kier alpha value is -3.42. The molecule has 0 aliphatic carbocycles. The molecular formula is C26H20BrClN2O4. The van der Waals surface area contributed by atoms with Crippen LogP contribution >= 0.6 is 27.5 Å². The number of rotatable bonds is 5. The average molecular weight is 540 g/mol. The van der Waals surface area contributed by atoms with Crippen molar-refractivity contribution in [2.24, 2.45) is 0 Å². The second-order valence-corrected chi connectivity index (χ2v) is 9.14. The van der Waals surface area contributed by atoms with E-state index >= 15 is 0 Å². The molecule has 1 N–H and O–H groups in total. The summed E-state index contributed by atoms with van der Waals surface area (Å²) in [6.45, 7) is 4.17. The minimum absolute atomic E-state index is 0.167. The van der Waals surface area contributed by atoms with Crippen molar-refractivity contribution in [1.29, 1.82) is 0 Å². The van der Waals surface area contributed by atoms with Crippen molar-refractivity contribution in [3.8, 4) is 5.75 Å². The van der Waals surface area contributed by atoms with Crippen molar-refractivity contribution >= 4 is 57.1 Å². The van der Waals surface area contributed by atoms with Crippen LogP contribution in [0.1, 0.15) is 22.3 Å². The van der Waals surface area contributed by atoms with E-state index in [0.717, 1.165) is 10.5 Å². The molecule has 1 fully saturated rings. The Morgan fingerprint density at radius 3 is 2.44 bits per heavy atom. The van der Waals surface area contributed by atoms with E-state index < -0.39 is 17.8 Å². The highest BCUT2D eigenvalue weighted by Gasteiger charge is 2.37. The van der Waals surface area contributed by atoms with E-state index in [2.05, 4.69) is 21.2 Å². The van der Waals surface area contributed by atoms with Crippen molar-refractivity contribution in [1.82, 2.24) is 5.32 Å². The first-order valence-corrected chi connectivity index (χ1v) is 11.6. The fourth-order valence-electron chi connectivity index (χ4n) is 3.44. The monoisotopic (exact) mass is 538 g/mol. The average Bonchev–Trinajstić information content (AvgIpc) is 2.79. The van der Waals surface area contributed by atoms with E-state index in [1.54, 1.807) is 37.3 Å². The summed E-state index contributed by atoms with van der Waals surface area (Å²) < 4.78 is 6.55. The van der Waals surface area contributed by atoms with E-state index in [1.165, 1.54) is 17.7 Å². The Balaban J connectivity index is 1.58. The maximum atomic E-state index is 13.1. The number of aryl methyl sites for hydroxylation is 2. The van der Waals surface area contributed by atoms with Gasteiger partial charge in [-0.25, -0.2) is 9.69 Å². The summed E-state index contributed by atoms with van der Waals surface area (Å²) in [5.41, 5.74) is 3.61. The van der Waals surface area contributed by atoms with Crippen molar-refractivity contribution in [2.45, 2.75) is 20.5 Å². The van der Waals surface area contributed by atoms with Gasteiger partial charge in [-0.1, -0.05) is 53.6 Å². The number of anilines is 1. The Morgan fingerprint density at radius 1 is 1.00 bits per heavy atom. The van der Waals surface area contributed by atoms with Crippen molar-refractivity contribution < 1.29 is 19.1 Å². The molecule has 1 heterocycles. The second-order valence-electron chi connectivity index (χ2n) is 7.85.